The summed E-state index contributed by atoms with van der Waals surface area (Å²) in [6.45, 7) is 2.58. The molecule has 0 N–H and O–H groups in total. The van der Waals surface area contributed by atoms with E-state index in [0.29, 0.717) is 28.4 Å². The Labute approximate surface area is 172 Å². The van der Waals surface area contributed by atoms with E-state index in [4.69, 9.17) is 21.1 Å². The third-order valence-electron chi connectivity index (χ3n) is 3.71. The first kappa shape index (κ1) is 21.3. The van der Waals surface area contributed by atoms with Crippen molar-refractivity contribution in [2.45, 2.75) is 19.9 Å². The molecule has 1 amide bonds. The van der Waals surface area contributed by atoms with Gasteiger partial charge >= 0.3 is 5.97 Å². The number of halogens is 2. The monoisotopic (exact) mass is 453 g/mol. The van der Waals surface area contributed by atoms with Gasteiger partial charge in [0.2, 0.25) is 0 Å². The van der Waals surface area contributed by atoms with Gasteiger partial charge in [0.05, 0.1) is 17.5 Å². The first-order valence-electron chi connectivity index (χ1n) is 8.54. The van der Waals surface area contributed by atoms with E-state index in [9.17, 15) is 9.59 Å². The van der Waals surface area contributed by atoms with Crippen LogP contribution >= 0.6 is 27.5 Å². The largest absolute Gasteiger partial charge is 0.483 e. The lowest BCUT2D eigenvalue weighted by Crippen LogP contribution is -2.36. The van der Waals surface area contributed by atoms with Crippen LogP contribution in [0.5, 0.6) is 5.75 Å². The Balaban J connectivity index is 2.01. The highest BCUT2D eigenvalue weighted by molar-refractivity contribution is 9.10. The molecule has 0 spiro atoms. The van der Waals surface area contributed by atoms with Gasteiger partial charge in [0.15, 0.2) is 6.61 Å². The molecule has 2 aromatic rings. The molecule has 0 aliphatic rings. The number of ether oxygens (including phenoxy) is 2. The highest BCUT2D eigenvalue weighted by Crippen LogP contribution is 2.28. The van der Waals surface area contributed by atoms with Gasteiger partial charge in [-0.25, -0.2) is 0 Å². The molecule has 27 heavy (non-hydrogen) atoms. The molecule has 144 valence electrons. The van der Waals surface area contributed by atoms with Crippen molar-refractivity contribution in [3.8, 4) is 5.75 Å². The third-order valence-corrected chi connectivity index (χ3v) is 4.56. The van der Waals surface area contributed by atoms with Crippen molar-refractivity contribution >= 4 is 39.4 Å². The summed E-state index contributed by atoms with van der Waals surface area (Å²) in [5, 5.41) is 0.570. The number of esters is 1. The van der Waals surface area contributed by atoms with Gasteiger partial charge < -0.3 is 14.4 Å². The zero-order chi connectivity index (χ0) is 19.6. The molecular formula is C20H21BrClNO4. The summed E-state index contributed by atoms with van der Waals surface area (Å²) in [5.74, 6) is -0.0208. The van der Waals surface area contributed by atoms with Crippen molar-refractivity contribution in [2.75, 3.05) is 19.8 Å². The van der Waals surface area contributed by atoms with Crippen molar-refractivity contribution in [3.63, 3.8) is 0 Å². The summed E-state index contributed by atoms with van der Waals surface area (Å²) in [6.07, 6.45) is 0.136. The lowest BCUT2D eigenvalue weighted by atomic mass is 10.2. The van der Waals surface area contributed by atoms with Gasteiger partial charge in [-0.1, -0.05) is 41.9 Å². The molecule has 0 saturated heterocycles. The third kappa shape index (κ3) is 7.23. The average Bonchev–Trinajstić information content (AvgIpc) is 2.65. The van der Waals surface area contributed by atoms with Gasteiger partial charge in [0.1, 0.15) is 5.75 Å². The van der Waals surface area contributed by atoms with Crippen molar-refractivity contribution in [3.05, 3.63) is 63.6 Å². The van der Waals surface area contributed by atoms with Gasteiger partial charge in [-0.05, 0) is 46.6 Å². The SMILES string of the molecule is CCOC(=O)CCN(Cc1ccccc1)C(=O)COc1ccc(Cl)cc1Br. The van der Waals surface area contributed by atoms with E-state index < -0.39 is 0 Å². The van der Waals surface area contributed by atoms with Gasteiger partial charge in [0.25, 0.3) is 5.91 Å². The van der Waals surface area contributed by atoms with Crippen LogP contribution in [0.15, 0.2) is 53.0 Å². The first-order chi connectivity index (χ1) is 13.0. The van der Waals surface area contributed by atoms with E-state index in [-0.39, 0.29) is 31.4 Å². The molecule has 0 radical (unpaired) electrons. The lowest BCUT2D eigenvalue weighted by molar-refractivity contribution is -0.144. The maximum absolute atomic E-state index is 12.7. The number of rotatable bonds is 9. The highest BCUT2D eigenvalue weighted by atomic mass is 79.9. The molecule has 0 heterocycles. The van der Waals surface area contributed by atoms with Crippen molar-refractivity contribution in [1.29, 1.82) is 0 Å². The number of hydrogen-bond donors (Lipinski definition) is 0. The van der Waals surface area contributed by atoms with Crippen LogP contribution in [0.25, 0.3) is 0 Å². The van der Waals surface area contributed by atoms with Gasteiger partial charge in [-0.3, -0.25) is 9.59 Å². The maximum Gasteiger partial charge on any atom is 0.307 e. The summed E-state index contributed by atoms with van der Waals surface area (Å²) >= 11 is 9.27. The zero-order valence-electron chi connectivity index (χ0n) is 15.0. The number of nitrogens with zero attached hydrogens (tertiary/aromatic N) is 1. The molecule has 2 rings (SSSR count). The Morgan fingerprint density at radius 1 is 1.15 bits per heavy atom. The zero-order valence-corrected chi connectivity index (χ0v) is 17.3. The first-order valence-corrected chi connectivity index (χ1v) is 9.72. The van der Waals surface area contributed by atoms with Crippen LogP contribution in [0.4, 0.5) is 0 Å². The van der Waals surface area contributed by atoms with Crippen LogP contribution < -0.4 is 4.74 Å². The average molecular weight is 455 g/mol. The highest BCUT2D eigenvalue weighted by Gasteiger charge is 2.17. The number of hydrogen-bond acceptors (Lipinski definition) is 4. The molecule has 5 nitrogen and oxygen atoms in total. The smallest absolute Gasteiger partial charge is 0.307 e. The standard InChI is InChI=1S/C20H21BrClNO4/c1-2-26-20(25)10-11-23(13-15-6-4-3-5-7-15)19(24)14-27-18-9-8-16(22)12-17(18)21/h3-9,12H,2,10-11,13-14H2,1H3. The second kappa shape index (κ2) is 10.9. The van der Waals surface area contributed by atoms with E-state index in [0.717, 1.165) is 5.56 Å². The van der Waals surface area contributed by atoms with Gasteiger partial charge in [-0.15, -0.1) is 0 Å². The van der Waals surface area contributed by atoms with E-state index in [1.807, 2.05) is 30.3 Å². The normalized spacial score (nSPS) is 10.3. The quantitative estimate of drug-likeness (QED) is 0.525. The Hall–Kier alpha value is -2.05. The van der Waals surface area contributed by atoms with Crippen LogP contribution in [0.3, 0.4) is 0 Å². The van der Waals surface area contributed by atoms with Crippen molar-refractivity contribution in [1.82, 2.24) is 4.90 Å². The fraction of sp³-hybridized carbons (Fsp3) is 0.300. The topological polar surface area (TPSA) is 55.8 Å². The number of carbonyl (C=O) groups excluding carboxylic acids is 2. The van der Waals surface area contributed by atoms with Crippen LogP contribution in [-0.4, -0.2) is 36.5 Å². The second-order valence-corrected chi connectivity index (χ2v) is 7.01. The Morgan fingerprint density at radius 3 is 2.56 bits per heavy atom. The molecule has 0 fully saturated rings. The molecule has 0 bridgehead atoms. The van der Waals surface area contributed by atoms with E-state index in [2.05, 4.69) is 15.9 Å². The predicted molar refractivity (Wildman–Crippen MR) is 108 cm³/mol. The Bertz CT molecular complexity index is 770. The summed E-state index contributed by atoms with van der Waals surface area (Å²) < 4.78 is 11.2. The lowest BCUT2D eigenvalue weighted by Gasteiger charge is -2.23. The maximum atomic E-state index is 12.7. The molecule has 0 unspecified atom stereocenters. The molecule has 0 saturated carbocycles. The minimum Gasteiger partial charge on any atom is -0.483 e. The summed E-state index contributed by atoms with van der Waals surface area (Å²) in [7, 11) is 0. The molecular weight excluding hydrogens is 434 g/mol. The van der Waals surface area contributed by atoms with Gasteiger partial charge in [-0.2, -0.15) is 0 Å². The second-order valence-electron chi connectivity index (χ2n) is 5.72. The molecule has 7 heteroatoms. The van der Waals surface area contributed by atoms with Gasteiger partial charge in [0, 0.05) is 18.1 Å². The molecule has 0 aliphatic heterocycles. The Kier molecular flexibility index (Phi) is 8.61. The summed E-state index contributed by atoms with van der Waals surface area (Å²) in [5.41, 5.74) is 0.974. The van der Waals surface area contributed by atoms with E-state index >= 15 is 0 Å². The van der Waals surface area contributed by atoms with Crippen LogP contribution in [-0.2, 0) is 20.9 Å². The van der Waals surface area contributed by atoms with Crippen molar-refractivity contribution < 1.29 is 19.1 Å². The number of carbonyl (C=O) groups is 2. The fourth-order valence-electron chi connectivity index (χ4n) is 2.38. The van der Waals surface area contributed by atoms with E-state index in [1.54, 1.807) is 30.0 Å². The minimum atomic E-state index is -0.329. The van der Waals surface area contributed by atoms with Crippen LogP contribution in [0, 0.1) is 0 Å². The summed E-state index contributed by atoms with van der Waals surface area (Å²) in [4.78, 5) is 25.9. The molecule has 0 atom stereocenters. The molecule has 2 aromatic carbocycles. The summed E-state index contributed by atoms with van der Waals surface area (Å²) in [6, 6.07) is 14.7. The number of amides is 1. The predicted octanol–water partition coefficient (Wildman–Crippen LogP) is 4.46. The molecule has 0 aromatic heterocycles. The van der Waals surface area contributed by atoms with Crippen LogP contribution in [0.2, 0.25) is 5.02 Å². The van der Waals surface area contributed by atoms with Crippen molar-refractivity contribution in [2.24, 2.45) is 0 Å². The fourth-order valence-corrected chi connectivity index (χ4v) is 3.18. The van der Waals surface area contributed by atoms with E-state index in [1.165, 1.54) is 0 Å². The number of benzene rings is 2. The van der Waals surface area contributed by atoms with Crippen LogP contribution in [0.1, 0.15) is 18.9 Å². The Morgan fingerprint density at radius 2 is 1.89 bits per heavy atom. The minimum absolute atomic E-state index is 0.136. The molecule has 0 aliphatic carbocycles.